The van der Waals surface area contributed by atoms with E-state index in [1.807, 2.05) is 0 Å². The second kappa shape index (κ2) is 11.4. The molecule has 1 aromatic heterocycles. The van der Waals surface area contributed by atoms with Crippen LogP contribution in [0, 0.1) is 15.9 Å². The van der Waals surface area contributed by atoms with Gasteiger partial charge in [0, 0.05) is 50.1 Å². The van der Waals surface area contributed by atoms with Crippen LogP contribution in [0.15, 0.2) is 71.5 Å². The average Bonchev–Trinajstić information content (AvgIpc) is 2.99. The van der Waals surface area contributed by atoms with Crippen LogP contribution in [0.25, 0.3) is 10.8 Å². The molecule has 12 heteroatoms. The van der Waals surface area contributed by atoms with E-state index in [1.165, 1.54) is 41.3 Å². The summed E-state index contributed by atoms with van der Waals surface area (Å²) in [5, 5.41) is 18.7. The van der Waals surface area contributed by atoms with Crippen molar-refractivity contribution in [3.63, 3.8) is 0 Å². The Kier molecular flexibility index (Phi) is 7.70. The van der Waals surface area contributed by atoms with Crippen molar-refractivity contribution in [2.45, 2.75) is 25.9 Å². The van der Waals surface area contributed by atoms with Gasteiger partial charge in [-0.3, -0.25) is 24.5 Å². The van der Waals surface area contributed by atoms with Crippen molar-refractivity contribution in [2.75, 3.05) is 26.2 Å². The van der Waals surface area contributed by atoms with Gasteiger partial charge >= 0.3 is 0 Å². The SMILES string of the molecule is CC(C)(Oc1ccc([N+](=O)[O-])cc1)C(=O)N1CCN(C(=O)c2cc(Cc3n[nH]c(=O)c4ccccc34)ccc2F)CC1. The molecule has 0 unspecified atom stereocenters. The number of aromatic amines is 1. The molecule has 4 aromatic rings. The number of carbonyl (C=O) groups is 2. The number of nitro groups is 1. The smallest absolute Gasteiger partial charge is 0.272 e. The van der Waals surface area contributed by atoms with Crippen LogP contribution >= 0.6 is 0 Å². The number of halogens is 1. The van der Waals surface area contributed by atoms with Gasteiger partial charge in [-0.2, -0.15) is 5.10 Å². The van der Waals surface area contributed by atoms with Gasteiger partial charge in [-0.05, 0) is 49.7 Å². The molecule has 0 spiro atoms. The van der Waals surface area contributed by atoms with Crippen molar-refractivity contribution in [3.8, 4) is 5.75 Å². The van der Waals surface area contributed by atoms with Crippen LogP contribution in [0.5, 0.6) is 5.75 Å². The van der Waals surface area contributed by atoms with Crippen LogP contribution in [0.3, 0.4) is 0 Å². The Balaban J connectivity index is 1.24. The lowest BCUT2D eigenvalue weighted by atomic mass is 10.0. The topological polar surface area (TPSA) is 139 Å². The molecule has 3 aromatic carbocycles. The van der Waals surface area contributed by atoms with E-state index in [1.54, 1.807) is 49.1 Å². The van der Waals surface area contributed by atoms with Crippen molar-refractivity contribution in [1.82, 2.24) is 20.0 Å². The zero-order valence-corrected chi connectivity index (χ0v) is 23.0. The second-order valence-corrected chi connectivity index (χ2v) is 10.5. The lowest BCUT2D eigenvalue weighted by Crippen LogP contribution is -2.56. The summed E-state index contributed by atoms with van der Waals surface area (Å²) in [4.78, 5) is 52.1. The van der Waals surface area contributed by atoms with E-state index in [2.05, 4.69) is 10.2 Å². The van der Waals surface area contributed by atoms with Gasteiger partial charge in [0.1, 0.15) is 11.6 Å². The fourth-order valence-electron chi connectivity index (χ4n) is 4.98. The summed E-state index contributed by atoms with van der Waals surface area (Å²) in [5.41, 5.74) is -0.478. The number of non-ortho nitro benzene ring substituents is 1. The molecule has 1 aliphatic rings. The van der Waals surface area contributed by atoms with Crippen molar-refractivity contribution in [1.29, 1.82) is 0 Å². The van der Waals surface area contributed by atoms with Crippen molar-refractivity contribution in [2.24, 2.45) is 0 Å². The van der Waals surface area contributed by atoms with Crippen LogP contribution in [0.2, 0.25) is 0 Å². The Hall–Kier alpha value is -5.13. The molecule has 1 aliphatic heterocycles. The highest BCUT2D eigenvalue weighted by molar-refractivity contribution is 5.95. The molecule has 0 aliphatic carbocycles. The molecule has 0 saturated carbocycles. The highest BCUT2D eigenvalue weighted by Gasteiger charge is 2.36. The first kappa shape index (κ1) is 28.4. The molecule has 2 heterocycles. The Morgan fingerprint density at radius 3 is 2.31 bits per heavy atom. The zero-order chi connectivity index (χ0) is 30.0. The molecule has 0 bridgehead atoms. The number of nitro benzene ring substituents is 1. The number of nitrogens with one attached hydrogen (secondary N) is 1. The largest absolute Gasteiger partial charge is 0.478 e. The van der Waals surface area contributed by atoms with Gasteiger partial charge in [-0.15, -0.1) is 0 Å². The quantitative estimate of drug-likeness (QED) is 0.263. The van der Waals surface area contributed by atoms with E-state index in [4.69, 9.17) is 4.74 Å². The van der Waals surface area contributed by atoms with Crippen LogP contribution in [-0.2, 0) is 11.2 Å². The zero-order valence-electron chi connectivity index (χ0n) is 23.0. The van der Waals surface area contributed by atoms with Gasteiger partial charge in [0.2, 0.25) is 0 Å². The maximum atomic E-state index is 14.8. The van der Waals surface area contributed by atoms with Crippen LogP contribution in [0.1, 0.15) is 35.5 Å². The lowest BCUT2D eigenvalue weighted by Gasteiger charge is -2.38. The average molecular weight is 574 g/mol. The molecule has 42 heavy (non-hydrogen) atoms. The summed E-state index contributed by atoms with van der Waals surface area (Å²) in [6.07, 6.45) is 0.282. The molecule has 216 valence electrons. The van der Waals surface area contributed by atoms with E-state index in [0.29, 0.717) is 27.8 Å². The third kappa shape index (κ3) is 5.82. The number of aromatic nitrogens is 2. The number of hydrogen-bond donors (Lipinski definition) is 1. The Morgan fingerprint density at radius 2 is 1.64 bits per heavy atom. The van der Waals surface area contributed by atoms with Gasteiger partial charge in [-0.25, -0.2) is 9.49 Å². The van der Waals surface area contributed by atoms with Crippen LogP contribution in [-0.4, -0.2) is 68.5 Å². The summed E-state index contributed by atoms with van der Waals surface area (Å²) in [5.74, 6) is -1.13. The Morgan fingerprint density at radius 1 is 1.00 bits per heavy atom. The Labute approximate surface area is 239 Å². The molecular formula is C30H28FN5O6. The number of H-pyrrole nitrogens is 1. The van der Waals surface area contributed by atoms with Gasteiger partial charge in [0.05, 0.1) is 21.6 Å². The standard InChI is InChI=1S/C30H28FN5O6/c1-30(2,42-21-10-8-20(9-11-21)36(40)41)29(39)35-15-13-34(14-16-35)28(38)24-17-19(7-12-25(24)31)18-26-22-5-3-4-6-23(22)27(37)33-32-26/h3-12,17H,13-16,18H2,1-2H3,(H,33,37). The van der Waals surface area contributed by atoms with Crippen molar-refractivity contribution in [3.05, 3.63) is 110 Å². The number of hydrogen-bond acceptors (Lipinski definition) is 7. The van der Waals surface area contributed by atoms with Crippen LogP contribution in [0.4, 0.5) is 10.1 Å². The second-order valence-electron chi connectivity index (χ2n) is 10.5. The Bertz CT molecular complexity index is 1730. The monoisotopic (exact) mass is 573 g/mol. The van der Waals surface area contributed by atoms with Crippen molar-refractivity contribution >= 4 is 28.3 Å². The number of carbonyl (C=O) groups excluding carboxylic acids is 2. The highest BCUT2D eigenvalue weighted by atomic mass is 19.1. The molecule has 0 atom stereocenters. The number of fused-ring (bicyclic) bond motifs is 1. The van der Waals surface area contributed by atoms with E-state index < -0.39 is 22.2 Å². The number of piperazine rings is 1. The molecule has 5 rings (SSSR count). The summed E-state index contributed by atoms with van der Waals surface area (Å²) in [6, 6.07) is 16.8. The predicted molar refractivity (Wildman–Crippen MR) is 152 cm³/mol. The number of nitrogens with zero attached hydrogens (tertiary/aromatic N) is 4. The first-order valence-corrected chi connectivity index (χ1v) is 13.3. The summed E-state index contributed by atoms with van der Waals surface area (Å²) >= 11 is 0. The van der Waals surface area contributed by atoms with Gasteiger partial charge in [0.15, 0.2) is 5.60 Å². The molecule has 1 N–H and O–H groups in total. The summed E-state index contributed by atoms with van der Waals surface area (Å²) < 4.78 is 20.7. The van der Waals surface area contributed by atoms with Crippen molar-refractivity contribution < 1.29 is 23.6 Å². The molecular weight excluding hydrogens is 545 g/mol. The molecule has 0 radical (unpaired) electrons. The fourth-order valence-corrected chi connectivity index (χ4v) is 4.98. The third-order valence-electron chi connectivity index (χ3n) is 7.20. The maximum Gasteiger partial charge on any atom is 0.272 e. The third-order valence-corrected chi connectivity index (χ3v) is 7.20. The van der Waals surface area contributed by atoms with Gasteiger partial charge in [0.25, 0.3) is 23.1 Å². The maximum absolute atomic E-state index is 14.8. The number of ether oxygens (including phenoxy) is 1. The minimum atomic E-state index is -1.26. The van der Waals surface area contributed by atoms with Gasteiger partial charge < -0.3 is 14.5 Å². The molecule has 1 saturated heterocycles. The van der Waals surface area contributed by atoms with Crippen LogP contribution < -0.4 is 10.3 Å². The van der Waals surface area contributed by atoms with E-state index in [0.717, 1.165) is 0 Å². The highest BCUT2D eigenvalue weighted by Crippen LogP contribution is 2.25. The van der Waals surface area contributed by atoms with E-state index >= 15 is 0 Å². The first-order chi connectivity index (χ1) is 20.0. The molecule has 1 fully saturated rings. The minimum absolute atomic E-state index is 0.0807. The summed E-state index contributed by atoms with van der Waals surface area (Å²) in [7, 11) is 0. The first-order valence-electron chi connectivity index (χ1n) is 13.3. The van der Waals surface area contributed by atoms with Gasteiger partial charge in [-0.1, -0.05) is 24.3 Å². The number of amides is 2. The lowest BCUT2D eigenvalue weighted by molar-refractivity contribution is -0.384. The summed E-state index contributed by atoms with van der Waals surface area (Å²) in [6.45, 7) is 4.07. The number of benzene rings is 3. The van der Waals surface area contributed by atoms with E-state index in [9.17, 15) is 28.9 Å². The molecule has 2 amide bonds. The normalized spacial score (nSPS) is 13.7. The fraction of sp³-hybridized carbons (Fsp3) is 0.267. The van der Waals surface area contributed by atoms with E-state index in [-0.39, 0.29) is 55.3 Å². The number of rotatable bonds is 7. The molecule has 11 nitrogen and oxygen atoms in total. The predicted octanol–water partition coefficient (Wildman–Crippen LogP) is 3.70. The minimum Gasteiger partial charge on any atom is -0.478 e.